The number of hydrogen-bond acceptors (Lipinski definition) is 7. The number of morpholine rings is 1. The second-order valence-electron chi connectivity index (χ2n) is 5.88. The van der Waals surface area contributed by atoms with Gasteiger partial charge in [0, 0.05) is 25.4 Å². The molecule has 0 spiro atoms. The molecule has 0 aromatic carbocycles. The minimum absolute atomic E-state index is 0.122. The van der Waals surface area contributed by atoms with E-state index in [-0.39, 0.29) is 6.17 Å². The van der Waals surface area contributed by atoms with Gasteiger partial charge in [0.2, 0.25) is 0 Å². The van der Waals surface area contributed by atoms with Crippen molar-refractivity contribution in [3.05, 3.63) is 10.2 Å². The topological polar surface area (TPSA) is 64.5 Å². The lowest BCUT2D eigenvalue weighted by Crippen LogP contribution is -2.59. The largest absolute Gasteiger partial charge is 0.623 e. The summed E-state index contributed by atoms with van der Waals surface area (Å²) in [5, 5.41) is 23.4. The second-order valence-corrected chi connectivity index (χ2v) is 7.29. The molecule has 2 fully saturated rings. The summed E-state index contributed by atoms with van der Waals surface area (Å²) in [4.78, 5) is 4.31. The Kier molecular flexibility index (Phi) is 5.28. The minimum Gasteiger partial charge on any atom is -0.623 e. The van der Waals surface area contributed by atoms with Crippen LogP contribution in [0.1, 0.15) is 11.4 Å². The molecule has 2 aliphatic heterocycles. The predicted octanol–water partition coefficient (Wildman–Crippen LogP) is 1.08. The Morgan fingerprint density at radius 3 is 2.91 bits per heavy atom. The van der Waals surface area contributed by atoms with Gasteiger partial charge in [-0.15, -0.1) is 16.7 Å². The average Bonchev–Trinajstić information content (AvgIpc) is 3.11. The number of alkyl halides is 1. The van der Waals surface area contributed by atoms with Crippen molar-refractivity contribution in [2.24, 2.45) is 0 Å². The van der Waals surface area contributed by atoms with Gasteiger partial charge in [-0.3, -0.25) is 9.55 Å². The Balaban J connectivity index is 1.79. The lowest BCUT2D eigenvalue weighted by Gasteiger charge is -2.45. The number of aryl methyl sites for hydroxylation is 1. The number of hydroxylamine groups is 2. The fraction of sp³-hybridized carbons (Fsp3) is 0.846. The van der Waals surface area contributed by atoms with Crippen molar-refractivity contribution >= 4 is 28.1 Å². The normalized spacial score (nSPS) is 31.0. The van der Waals surface area contributed by atoms with Crippen LogP contribution in [0.15, 0.2) is 0 Å². The third kappa shape index (κ3) is 3.28. The van der Waals surface area contributed by atoms with Gasteiger partial charge >= 0.3 is 5.13 Å². The van der Waals surface area contributed by atoms with Crippen molar-refractivity contribution in [2.45, 2.75) is 19.0 Å². The van der Waals surface area contributed by atoms with Crippen LogP contribution in [0.2, 0.25) is 0 Å². The monoisotopic (exact) mass is 347 g/mol. The zero-order valence-corrected chi connectivity index (χ0v) is 14.4. The maximum Gasteiger partial charge on any atom is 0.309 e. The van der Waals surface area contributed by atoms with Gasteiger partial charge in [-0.25, -0.2) is 4.90 Å². The van der Waals surface area contributed by atoms with Crippen LogP contribution in [0.4, 0.5) is 5.13 Å². The smallest absolute Gasteiger partial charge is 0.309 e. The first-order valence-electron chi connectivity index (χ1n) is 7.61. The maximum absolute atomic E-state index is 13.5. The third-order valence-corrected chi connectivity index (χ3v) is 5.54. The van der Waals surface area contributed by atoms with Crippen molar-refractivity contribution < 1.29 is 4.74 Å². The molecule has 0 bridgehead atoms. The minimum atomic E-state index is -0.422. The molecule has 2 unspecified atom stereocenters. The third-order valence-electron chi connectivity index (χ3n) is 4.18. The highest BCUT2D eigenvalue weighted by atomic mass is 35.5. The summed E-state index contributed by atoms with van der Waals surface area (Å²) in [6.45, 7) is 4.16. The molecule has 3 rings (SSSR count). The van der Waals surface area contributed by atoms with Crippen LogP contribution in [-0.2, 0) is 11.2 Å². The van der Waals surface area contributed by atoms with Gasteiger partial charge in [-0.05, 0) is 24.8 Å². The molecule has 3 heterocycles. The standard InChI is InChI=1S/C13H22ClN5O2S/c1-17-9-12(18-5-7-21-8-6-18)19(20,10-17)13-16-15-11(22-13)3-2-4-14/h12H,2-10H2,1H3. The van der Waals surface area contributed by atoms with Crippen LogP contribution in [0.5, 0.6) is 0 Å². The van der Waals surface area contributed by atoms with E-state index in [4.69, 9.17) is 16.3 Å². The SMILES string of the molecule is CN1CC(N2CCOCC2)[N+]([O-])(c2nnc(CCCCl)s2)C1. The number of hydrogen-bond donors (Lipinski definition) is 0. The summed E-state index contributed by atoms with van der Waals surface area (Å²) in [5.74, 6) is 0.603. The van der Waals surface area contributed by atoms with Crippen LogP contribution in [0.25, 0.3) is 0 Å². The number of rotatable bonds is 5. The van der Waals surface area contributed by atoms with Gasteiger partial charge in [0.15, 0.2) is 6.17 Å². The number of nitrogens with zero attached hydrogens (tertiary/aromatic N) is 5. The van der Waals surface area contributed by atoms with Gasteiger partial charge < -0.3 is 9.94 Å². The van der Waals surface area contributed by atoms with Crippen LogP contribution in [-0.4, -0.2) is 78.6 Å². The summed E-state index contributed by atoms with van der Waals surface area (Å²) < 4.78 is 4.98. The van der Waals surface area contributed by atoms with Crippen LogP contribution in [0.3, 0.4) is 0 Å². The molecule has 0 N–H and O–H groups in total. The first-order chi connectivity index (χ1) is 10.6. The molecule has 2 saturated heterocycles. The summed E-state index contributed by atoms with van der Waals surface area (Å²) in [6, 6.07) is 0. The number of likely N-dealkylation sites (N-methyl/N-ethyl adjacent to an activating group) is 1. The number of quaternary nitrogens is 1. The number of aromatic nitrogens is 2. The van der Waals surface area contributed by atoms with Gasteiger partial charge in [-0.1, -0.05) is 5.10 Å². The van der Waals surface area contributed by atoms with Gasteiger partial charge in [0.1, 0.15) is 11.7 Å². The Hall–Kier alpha value is -0.350. The molecule has 0 amide bonds. The van der Waals surface area contributed by atoms with E-state index in [1.165, 1.54) is 11.3 Å². The lowest BCUT2D eigenvalue weighted by atomic mass is 10.3. The molecule has 9 heteroatoms. The molecule has 2 atom stereocenters. The van der Waals surface area contributed by atoms with Gasteiger partial charge in [0.05, 0.1) is 19.8 Å². The van der Waals surface area contributed by atoms with Crippen LogP contribution in [0, 0.1) is 5.21 Å². The Bertz CT molecular complexity index is 499. The molecule has 0 saturated carbocycles. The highest BCUT2D eigenvalue weighted by molar-refractivity contribution is 7.15. The van der Waals surface area contributed by atoms with Crippen molar-refractivity contribution in [3.63, 3.8) is 0 Å². The molecule has 0 radical (unpaired) electrons. The van der Waals surface area contributed by atoms with Crippen molar-refractivity contribution in [3.8, 4) is 0 Å². The van der Waals surface area contributed by atoms with E-state index in [1.807, 2.05) is 7.05 Å². The highest BCUT2D eigenvalue weighted by Crippen LogP contribution is 2.35. The van der Waals surface area contributed by atoms with Crippen molar-refractivity contribution in [1.82, 2.24) is 24.6 Å². The molecule has 1 aromatic heterocycles. The van der Waals surface area contributed by atoms with Crippen LogP contribution < -0.4 is 4.65 Å². The summed E-state index contributed by atoms with van der Waals surface area (Å²) in [7, 11) is 1.99. The number of halogens is 1. The van der Waals surface area contributed by atoms with E-state index in [0.717, 1.165) is 37.5 Å². The van der Waals surface area contributed by atoms with E-state index in [9.17, 15) is 5.21 Å². The Morgan fingerprint density at radius 2 is 2.18 bits per heavy atom. The quantitative estimate of drug-likeness (QED) is 0.451. The molecule has 1 aromatic rings. The summed E-state index contributed by atoms with van der Waals surface area (Å²) in [6.07, 6.45) is 1.53. The first-order valence-corrected chi connectivity index (χ1v) is 8.96. The molecule has 2 aliphatic rings. The molecule has 0 aliphatic carbocycles. The van der Waals surface area contributed by atoms with Crippen molar-refractivity contribution in [1.29, 1.82) is 0 Å². The van der Waals surface area contributed by atoms with E-state index in [0.29, 0.717) is 30.9 Å². The molecule has 124 valence electrons. The highest BCUT2D eigenvalue weighted by Gasteiger charge is 2.46. The van der Waals surface area contributed by atoms with Gasteiger partial charge in [0.25, 0.3) is 0 Å². The average molecular weight is 348 g/mol. The first kappa shape index (κ1) is 16.5. The zero-order valence-electron chi connectivity index (χ0n) is 12.8. The van der Waals surface area contributed by atoms with E-state index in [1.54, 1.807) is 0 Å². The summed E-state index contributed by atoms with van der Waals surface area (Å²) >= 11 is 7.16. The molecule has 22 heavy (non-hydrogen) atoms. The summed E-state index contributed by atoms with van der Waals surface area (Å²) in [5.41, 5.74) is 0. The molecular formula is C13H22ClN5O2S. The Labute approximate surface area is 139 Å². The fourth-order valence-corrected chi connectivity index (χ4v) is 4.17. The fourth-order valence-electron chi connectivity index (χ4n) is 3.08. The van der Waals surface area contributed by atoms with Gasteiger partial charge in [-0.2, -0.15) is 0 Å². The van der Waals surface area contributed by atoms with E-state index in [2.05, 4.69) is 20.0 Å². The van der Waals surface area contributed by atoms with E-state index < -0.39 is 4.65 Å². The van der Waals surface area contributed by atoms with Crippen molar-refractivity contribution in [2.75, 3.05) is 52.4 Å². The van der Waals surface area contributed by atoms with E-state index >= 15 is 0 Å². The molecule has 7 nitrogen and oxygen atoms in total. The number of ether oxygens (including phenoxy) is 1. The molecular weight excluding hydrogens is 326 g/mol. The lowest BCUT2D eigenvalue weighted by molar-refractivity contribution is -0.00410. The Morgan fingerprint density at radius 1 is 1.41 bits per heavy atom. The zero-order chi connectivity index (χ0) is 15.6. The maximum atomic E-state index is 13.5. The predicted molar refractivity (Wildman–Crippen MR) is 87.8 cm³/mol. The van der Waals surface area contributed by atoms with Crippen LogP contribution >= 0.6 is 22.9 Å². The second kappa shape index (κ2) is 7.04.